The summed E-state index contributed by atoms with van der Waals surface area (Å²) in [5, 5.41) is 23.8. The van der Waals surface area contributed by atoms with E-state index in [1.807, 2.05) is 0 Å². The van der Waals surface area contributed by atoms with E-state index >= 15 is 0 Å². The van der Waals surface area contributed by atoms with Gasteiger partial charge in [-0.2, -0.15) is 5.21 Å². The normalized spacial score (nSPS) is 8.00. The third-order valence-electron chi connectivity index (χ3n) is 0.550. The first-order valence-electron chi connectivity index (χ1n) is 2.35. The number of hydrogen-bond donors (Lipinski definition) is 2. The van der Waals surface area contributed by atoms with E-state index in [0.717, 1.165) is 0 Å². The number of nitrogens with zero attached hydrogens (tertiary/aromatic N) is 6. The van der Waals surface area contributed by atoms with Gasteiger partial charge in [-0.3, -0.25) is 5.10 Å². The first-order chi connectivity index (χ1) is 5.00. The standard InChI is InChI=1S/C2H3N3.HN5/c2*1-2-4-5-3-1/h1-2H,(H,3,4,5);(H,1,2,3,4,5). The molecule has 0 atom stereocenters. The van der Waals surface area contributed by atoms with Crippen molar-refractivity contribution in [3.8, 4) is 0 Å². The van der Waals surface area contributed by atoms with Gasteiger partial charge in [0.05, 0.1) is 6.20 Å². The lowest BCUT2D eigenvalue weighted by Crippen LogP contribution is -1.64. The number of nitrogens with one attached hydrogen (secondary N) is 2. The molecule has 8 nitrogen and oxygen atoms in total. The molecule has 2 N–H and O–H groups in total. The fourth-order valence-corrected chi connectivity index (χ4v) is 0.267. The molecule has 0 unspecified atom stereocenters. The maximum absolute atomic E-state index is 3.42. The Balaban J connectivity index is 0.0000001000. The number of aromatic amines is 2. The number of rotatable bonds is 0. The second-order valence-corrected chi connectivity index (χ2v) is 1.14. The maximum Gasteiger partial charge on any atom is 0.0690 e. The molecular weight excluding hydrogens is 136 g/mol. The Kier molecular flexibility index (Phi) is 2.54. The molecule has 8 heteroatoms. The van der Waals surface area contributed by atoms with Crippen LogP contribution in [0.2, 0.25) is 0 Å². The molecule has 0 aliphatic carbocycles. The third-order valence-corrected chi connectivity index (χ3v) is 0.550. The van der Waals surface area contributed by atoms with Gasteiger partial charge in [0, 0.05) is 6.20 Å². The summed E-state index contributed by atoms with van der Waals surface area (Å²) in [5.74, 6) is 0. The lowest BCUT2D eigenvalue weighted by Gasteiger charge is -1.46. The molecule has 10 heavy (non-hydrogen) atoms. The molecule has 2 aromatic heterocycles. The largest absolute Gasteiger partial charge is 0.266 e. The zero-order valence-electron chi connectivity index (χ0n) is 4.84. The molecule has 0 aromatic carbocycles. The summed E-state index contributed by atoms with van der Waals surface area (Å²) in [6.07, 6.45) is 3.24. The third kappa shape index (κ3) is 2.45. The second kappa shape index (κ2) is 4.06. The molecule has 0 fully saturated rings. The van der Waals surface area contributed by atoms with Gasteiger partial charge in [0.1, 0.15) is 0 Å². The highest BCUT2D eigenvalue weighted by molar-refractivity contribution is 4.54. The molecule has 0 aliphatic rings. The minimum Gasteiger partial charge on any atom is -0.266 e. The van der Waals surface area contributed by atoms with Crippen LogP contribution in [-0.2, 0) is 0 Å². The van der Waals surface area contributed by atoms with Crippen LogP contribution >= 0.6 is 0 Å². The summed E-state index contributed by atoms with van der Waals surface area (Å²) in [6, 6.07) is 0. The minimum atomic E-state index is 1.58. The van der Waals surface area contributed by atoms with E-state index in [1.54, 1.807) is 12.4 Å². The van der Waals surface area contributed by atoms with Crippen LogP contribution in [0, 0.1) is 0 Å². The first kappa shape index (κ1) is 6.26. The van der Waals surface area contributed by atoms with Crippen LogP contribution in [0.4, 0.5) is 0 Å². The van der Waals surface area contributed by atoms with E-state index in [9.17, 15) is 0 Å². The van der Waals surface area contributed by atoms with E-state index in [2.05, 4.69) is 41.5 Å². The van der Waals surface area contributed by atoms with Crippen LogP contribution < -0.4 is 0 Å². The number of H-pyrrole nitrogens is 2. The van der Waals surface area contributed by atoms with Gasteiger partial charge in [0.2, 0.25) is 0 Å². The van der Waals surface area contributed by atoms with Crippen molar-refractivity contribution in [3.05, 3.63) is 12.4 Å². The molecule has 0 aliphatic heterocycles. The highest BCUT2D eigenvalue weighted by atomic mass is 15.6. The van der Waals surface area contributed by atoms with Gasteiger partial charge >= 0.3 is 0 Å². The zero-order chi connectivity index (χ0) is 7.07. The van der Waals surface area contributed by atoms with Crippen LogP contribution in [-0.4, -0.2) is 41.5 Å². The van der Waals surface area contributed by atoms with Gasteiger partial charge in [0.25, 0.3) is 0 Å². The number of aromatic nitrogens is 8. The quantitative estimate of drug-likeness (QED) is 0.456. The van der Waals surface area contributed by atoms with Crippen LogP contribution in [0.25, 0.3) is 0 Å². The summed E-state index contributed by atoms with van der Waals surface area (Å²) in [5.41, 5.74) is 0. The lowest BCUT2D eigenvalue weighted by molar-refractivity contribution is 0.881. The van der Waals surface area contributed by atoms with Crippen LogP contribution in [0.5, 0.6) is 0 Å². The smallest absolute Gasteiger partial charge is 0.0690 e. The summed E-state index contributed by atoms with van der Waals surface area (Å²) in [4.78, 5) is 0. The Morgan fingerprint density at radius 3 is 2.00 bits per heavy atom. The highest BCUT2D eigenvalue weighted by Crippen LogP contribution is 1.55. The van der Waals surface area contributed by atoms with Crippen molar-refractivity contribution in [2.75, 3.05) is 0 Å². The highest BCUT2D eigenvalue weighted by Gasteiger charge is 1.59. The van der Waals surface area contributed by atoms with Gasteiger partial charge in [-0.15, -0.1) is 5.10 Å². The predicted molar refractivity (Wildman–Crippen MR) is 28.4 cm³/mol. The van der Waals surface area contributed by atoms with Crippen molar-refractivity contribution in [1.29, 1.82) is 0 Å². The molecule has 2 rings (SSSR count). The topological polar surface area (TPSA) is 109 Å². The van der Waals surface area contributed by atoms with Crippen molar-refractivity contribution >= 4 is 0 Å². The Morgan fingerprint density at radius 2 is 1.80 bits per heavy atom. The predicted octanol–water partition coefficient (Wildman–Crippen LogP) is -1.60. The lowest BCUT2D eigenvalue weighted by atomic mass is 11.0. The average Bonchev–Trinajstić information content (AvgIpc) is 2.67. The summed E-state index contributed by atoms with van der Waals surface area (Å²) in [6.45, 7) is 0. The molecular formula is C2H4N8. The fourth-order valence-electron chi connectivity index (χ4n) is 0.267. The van der Waals surface area contributed by atoms with Crippen LogP contribution in [0.1, 0.15) is 0 Å². The van der Waals surface area contributed by atoms with Crippen molar-refractivity contribution in [2.24, 2.45) is 0 Å². The monoisotopic (exact) mass is 140 g/mol. The molecule has 0 bridgehead atoms. The van der Waals surface area contributed by atoms with Crippen molar-refractivity contribution < 1.29 is 0 Å². The first-order valence-corrected chi connectivity index (χ1v) is 2.35. The molecule has 0 spiro atoms. The average molecular weight is 140 g/mol. The Labute approximate surface area is 55.0 Å². The van der Waals surface area contributed by atoms with E-state index in [4.69, 9.17) is 0 Å². The SMILES string of the molecule is c1c[nH]nn1.n1nn[nH]n1. The van der Waals surface area contributed by atoms with E-state index in [0.29, 0.717) is 0 Å². The van der Waals surface area contributed by atoms with Gasteiger partial charge in [-0.25, -0.2) is 0 Å². The summed E-state index contributed by atoms with van der Waals surface area (Å²) in [7, 11) is 0. The van der Waals surface area contributed by atoms with E-state index in [-0.39, 0.29) is 0 Å². The molecule has 52 valence electrons. The maximum atomic E-state index is 3.42. The van der Waals surface area contributed by atoms with Gasteiger partial charge in [-0.05, 0) is 20.9 Å². The van der Waals surface area contributed by atoms with E-state index < -0.39 is 0 Å². The zero-order valence-corrected chi connectivity index (χ0v) is 4.84. The summed E-state index contributed by atoms with van der Waals surface area (Å²) >= 11 is 0. The molecule has 2 aromatic rings. The van der Waals surface area contributed by atoms with Crippen LogP contribution in [0.15, 0.2) is 12.4 Å². The Morgan fingerprint density at radius 1 is 1.00 bits per heavy atom. The number of hydrogen-bond acceptors (Lipinski definition) is 6. The van der Waals surface area contributed by atoms with Gasteiger partial charge < -0.3 is 0 Å². The van der Waals surface area contributed by atoms with Crippen molar-refractivity contribution in [1.82, 2.24) is 41.5 Å². The fraction of sp³-hybridized carbons (Fsp3) is 0. The Hall–Kier alpha value is -1.86. The van der Waals surface area contributed by atoms with Crippen molar-refractivity contribution in [3.63, 3.8) is 0 Å². The summed E-state index contributed by atoms with van der Waals surface area (Å²) < 4.78 is 0. The molecule has 0 saturated carbocycles. The molecule has 0 saturated heterocycles. The van der Waals surface area contributed by atoms with Gasteiger partial charge in [0.15, 0.2) is 0 Å². The molecule has 2 heterocycles. The van der Waals surface area contributed by atoms with E-state index in [1.165, 1.54) is 0 Å². The van der Waals surface area contributed by atoms with Crippen LogP contribution in [0.3, 0.4) is 0 Å². The van der Waals surface area contributed by atoms with Crippen molar-refractivity contribution in [2.45, 2.75) is 0 Å². The minimum absolute atomic E-state index is 1.58. The molecule has 0 radical (unpaired) electrons. The Bertz CT molecular complexity index is 146. The van der Waals surface area contributed by atoms with Gasteiger partial charge in [-0.1, -0.05) is 5.21 Å². The molecule has 0 amide bonds. The second-order valence-electron chi connectivity index (χ2n) is 1.14.